The summed E-state index contributed by atoms with van der Waals surface area (Å²) < 4.78 is 5.49. The second-order valence-electron chi connectivity index (χ2n) is 7.99. The van der Waals surface area contributed by atoms with Gasteiger partial charge >= 0.3 is 0 Å². The fourth-order valence-corrected chi connectivity index (χ4v) is 4.80. The number of morpholine rings is 1. The maximum Gasteiger partial charge on any atom is 0.238 e. The molecular weight excluding hydrogens is 340 g/mol. The number of anilines is 1. The summed E-state index contributed by atoms with van der Waals surface area (Å²) in [6, 6.07) is 5.93. The second kappa shape index (κ2) is 7.47. The first-order valence-electron chi connectivity index (χ1n) is 10.0. The van der Waals surface area contributed by atoms with Gasteiger partial charge in [0.15, 0.2) is 0 Å². The molecule has 0 unspecified atom stereocenters. The number of carbonyl (C=O) groups excluding carboxylic acids is 2. The minimum absolute atomic E-state index is 0.0314. The third-order valence-corrected chi connectivity index (χ3v) is 5.96. The number of rotatable bonds is 3. The zero-order chi connectivity index (χ0) is 19.0. The molecule has 3 aliphatic rings. The monoisotopic (exact) mass is 368 g/mol. The number of carbonyl (C=O) groups is 2. The van der Waals surface area contributed by atoms with Crippen LogP contribution in [0.5, 0.6) is 0 Å². The maximum atomic E-state index is 13.3. The van der Waals surface area contributed by atoms with E-state index in [-0.39, 0.29) is 23.7 Å². The van der Waals surface area contributed by atoms with Crippen LogP contribution in [0.2, 0.25) is 0 Å². The van der Waals surface area contributed by atoms with Crippen molar-refractivity contribution in [2.24, 2.45) is 11.8 Å². The van der Waals surface area contributed by atoms with Crippen molar-refractivity contribution in [3.05, 3.63) is 41.1 Å². The molecule has 5 nitrogen and oxygen atoms in total. The van der Waals surface area contributed by atoms with Gasteiger partial charge in [0.1, 0.15) is 0 Å². The van der Waals surface area contributed by atoms with E-state index in [1.165, 1.54) is 10.6 Å². The number of ether oxygens (including phenoxy) is 1. The van der Waals surface area contributed by atoms with Crippen molar-refractivity contribution in [3.63, 3.8) is 0 Å². The van der Waals surface area contributed by atoms with Crippen molar-refractivity contribution >= 4 is 17.5 Å². The van der Waals surface area contributed by atoms with E-state index in [1.807, 2.05) is 26.0 Å². The highest BCUT2D eigenvalue weighted by Gasteiger charge is 2.45. The molecular formula is C22H28N2O3. The van der Waals surface area contributed by atoms with Crippen LogP contribution in [-0.2, 0) is 14.3 Å². The Kier molecular flexibility index (Phi) is 5.04. The predicted octanol–water partition coefficient (Wildman–Crippen LogP) is 3.20. The fraction of sp³-hybridized carbons (Fsp3) is 0.545. The summed E-state index contributed by atoms with van der Waals surface area (Å²) in [4.78, 5) is 29.9. The number of aryl methyl sites for hydroxylation is 2. The molecule has 0 bridgehead atoms. The Morgan fingerprint density at radius 2 is 1.70 bits per heavy atom. The molecule has 2 atom stereocenters. The molecule has 0 N–H and O–H groups in total. The van der Waals surface area contributed by atoms with E-state index in [0.717, 1.165) is 62.4 Å². The molecule has 27 heavy (non-hydrogen) atoms. The van der Waals surface area contributed by atoms with Crippen LogP contribution >= 0.6 is 0 Å². The Labute approximate surface area is 161 Å². The van der Waals surface area contributed by atoms with Crippen molar-refractivity contribution in [2.45, 2.75) is 39.5 Å². The first-order valence-corrected chi connectivity index (χ1v) is 10.0. The van der Waals surface area contributed by atoms with Crippen molar-refractivity contribution < 1.29 is 14.3 Å². The highest BCUT2D eigenvalue weighted by Crippen LogP contribution is 2.40. The molecule has 0 aromatic heterocycles. The topological polar surface area (TPSA) is 49.9 Å². The van der Waals surface area contributed by atoms with Crippen molar-refractivity contribution in [3.8, 4) is 0 Å². The van der Waals surface area contributed by atoms with Gasteiger partial charge in [-0.1, -0.05) is 12.1 Å². The summed E-state index contributed by atoms with van der Waals surface area (Å²) in [5.41, 5.74) is 4.12. The zero-order valence-electron chi connectivity index (χ0n) is 16.2. The third kappa shape index (κ3) is 3.53. The van der Waals surface area contributed by atoms with Gasteiger partial charge in [-0.2, -0.15) is 0 Å². The van der Waals surface area contributed by atoms with E-state index in [9.17, 15) is 9.59 Å². The number of allylic oxidation sites excluding steroid dienone is 2. The lowest BCUT2D eigenvalue weighted by Crippen LogP contribution is -2.41. The lowest BCUT2D eigenvalue weighted by molar-refractivity contribution is -0.123. The van der Waals surface area contributed by atoms with Gasteiger partial charge in [-0.05, 0) is 56.4 Å². The lowest BCUT2D eigenvalue weighted by atomic mass is 9.80. The van der Waals surface area contributed by atoms with Crippen LogP contribution in [0.15, 0.2) is 30.0 Å². The van der Waals surface area contributed by atoms with Gasteiger partial charge in [0.05, 0.1) is 24.8 Å². The molecule has 2 fully saturated rings. The second-order valence-corrected chi connectivity index (χ2v) is 7.99. The van der Waals surface area contributed by atoms with Crippen LogP contribution in [0.4, 0.5) is 5.69 Å². The summed E-state index contributed by atoms with van der Waals surface area (Å²) in [6.07, 6.45) is 5.72. The van der Waals surface area contributed by atoms with Gasteiger partial charge in [-0.25, -0.2) is 0 Å². The average molecular weight is 368 g/mol. The van der Waals surface area contributed by atoms with E-state index >= 15 is 0 Å². The van der Waals surface area contributed by atoms with Crippen LogP contribution in [0.3, 0.4) is 0 Å². The largest absolute Gasteiger partial charge is 0.378 e. The van der Waals surface area contributed by atoms with Gasteiger partial charge in [-0.15, -0.1) is 0 Å². The molecule has 2 heterocycles. The Balaban J connectivity index is 1.60. The first kappa shape index (κ1) is 18.2. The van der Waals surface area contributed by atoms with E-state index in [2.05, 4.69) is 17.0 Å². The molecule has 0 spiro atoms. The molecule has 1 aromatic rings. The third-order valence-electron chi connectivity index (χ3n) is 5.96. The van der Waals surface area contributed by atoms with Gasteiger partial charge in [0.25, 0.3) is 0 Å². The number of hydrogen-bond acceptors (Lipinski definition) is 4. The Morgan fingerprint density at radius 3 is 2.41 bits per heavy atom. The Morgan fingerprint density at radius 1 is 1.00 bits per heavy atom. The standard InChI is InChI=1S/C22H28N2O3/c1-15-11-16(2)13-17(12-15)24-21(25)14-19(22(24)26)18-5-3-4-6-20(18)23-7-9-27-10-8-23/h6,11-13,18-19H,3-5,7-10,14H2,1-2H3/t18-,19-/m0/s1. The van der Waals surface area contributed by atoms with Gasteiger partial charge in [-0.3, -0.25) is 14.5 Å². The average Bonchev–Trinajstić information content (AvgIpc) is 2.96. The van der Waals surface area contributed by atoms with E-state index < -0.39 is 0 Å². The molecule has 5 heteroatoms. The number of hydrogen-bond donors (Lipinski definition) is 0. The van der Waals surface area contributed by atoms with Gasteiger partial charge in [0, 0.05) is 31.1 Å². The SMILES string of the molecule is Cc1cc(C)cc(N2C(=O)C[C@@H]([C@@H]3CCCC=C3N3CCOCC3)C2=O)c1. The molecule has 2 aliphatic heterocycles. The summed E-state index contributed by atoms with van der Waals surface area (Å²) in [5, 5.41) is 0. The van der Waals surface area contributed by atoms with E-state index in [1.54, 1.807) is 0 Å². The molecule has 2 saturated heterocycles. The maximum absolute atomic E-state index is 13.3. The quantitative estimate of drug-likeness (QED) is 0.769. The number of nitrogens with zero attached hydrogens (tertiary/aromatic N) is 2. The van der Waals surface area contributed by atoms with E-state index in [0.29, 0.717) is 6.42 Å². The fourth-order valence-electron chi connectivity index (χ4n) is 4.80. The Bertz CT molecular complexity index is 760. The van der Waals surface area contributed by atoms with Gasteiger partial charge < -0.3 is 9.64 Å². The highest BCUT2D eigenvalue weighted by molar-refractivity contribution is 6.21. The van der Waals surface area contributed by atoms with E-state index in [4.69, 9.17) is 4.74 Å². The van der Waals surface area contributed by atoms with Crippen molar-refractivity contribution in [1.82, 2.24) is 4.90 Å². The molecule has 0 radical (unpaired) electrons. The van der Waals surface area contributed by atoms with Gasteiger partial charge in [0.2, 0.25) is 11.8 Å². The molecule has 1 aliphatic carbocycles. The Hall–Kier alpha value is -2.14. The molecule has 0 saturated carbocycles. The molecule has 2 amide bonds. The molecule has 4 rings (SSSR count). The normalized spacial score (nSPS) is 26.5. The smallest absolute Gasteiger partial charge is 0.238 e. The van der Waals surface area contributed by atoms with Crippen LogP contribution in [0.1, 0.15) is 36.8 Å². The summed E-state index contributed by atoms with van der Waals surface area (Å²) in [5.74, 6) is -0.199. The number of amides is 2. The van der Waals surface area contributed by atoms with Crippen LogP contribution in [-0.4, -0.2) is 43.0 Å². The first-order chi connectivity index (χ1) is 13.0. The summed E-state index contributed by atoms with van der Waals surface area (Å²) in [7, 11) is 0. The lowest BCUT2D eigenvalue weighted by Gasteiger charge is -2.38. The van der Waals surface area contributed by atoms with Crippen LogP contribution < -0.4 is 4.90 Å². The van der Waals surface area contributed by atoms with Crippen LogP contribution in [0.25, 0.3) is 0 Å². The predicted molar refractivity (Wildman–Crippen MR) is 104 cm³/mol. The summed E-state index contributed by atoms with van der Waals surface area (Å²) in [6.45, 7) is 7.21. The molecule has 144 valence electrons. The zero-order valence-corrected chi connectivity index (χ0v) is 16.2. The number of imide groups is 1. The van der Waals surface area contributed by atoms with Crippen molar-refractivity contribution in [1.29, 1.82) is 0 Å². The highest BCUT2D eigenvalue weighted by atomic mass is 16.5. The van der Waals surface area contributed by atoms with Crippen molar-refractivity contribution in [2.75, 3.05) is 31.2 Å². The minimum Gasteiger partial charge on any atom is -0.378 e. The number of benzene rings is 1. The van der Waals surface area contributed by atoms with Crippen LogP contribution in [0, 0.1) is 25.7 Å². The summed E-state index contributed by atoms with van der Waals surface area (Å²) >= 11 is 0. The molecule has 1 aromatic carbocycles. The minimum atomic E-state index is -0.243.